The summed E-state index contributed by atoms with van der Waals surface area (Å²) in [6, 6.07) is 3.69. The van der Waals surface area contributed by atoms with Crippen molar-refractivity contribution >= 4 is 12.2 Å². The zero-order chi connectivity index (χ0) is 11.6. The number of carbonyl (C=O) groups excluding carboxylic acids is 1. The van der Waals surface area contributed by atoms with Crippen molar-refractivity contribution in [2.75, 3.05) is 13.7 Å². The average molecular weight is 222 g/mol. The second-order valence-electron chi connectivity index (χ2n) is 2.97. The molecule has 16 heavy (non-hydrogen) atoms. The first-order valence-electron chi connectivity index (χ1n) is 4.90. The molecule has 0 aliphatic heterocycles. The fourth-order valence-electron chi connectivity index (χ4n) is 0.971. The van der Waals surface area contributed by atoms with Crippen LogP contribution in [0.1, 0.15) is 12.1 Å². The zero-order valence-electron chi connectivity index (χ0n) is 9.09. The van der Waals surface area contributed by atoms with E-state index < -0.39 is 0 Å². The molecule has 0 fully saturated rings. The molecule has 0 atom stereocenters. The van der Waals surface area contributed by atoms with E-state index in [1.807, 2.05) is 12.1 Å². The van der Waals surface area contributed by atoms with Crippen LogP contribution >= 0.6 is 0 Å². The molecule has 0 bridgehead atoms. The molecule has 6 heteroatoms. The van der Waals surface area contributed by atoms with Crippen molar-refractivity contribution in [3.8, 4) is 0 Å². The van der Waals surface area contributed by atoms with Gasteiger partial charge < -0.3 is 10.2 Å². The largest absolute Gasteiger partial charge is 0.469 e. The minimum Gasteiger partial charge on any atom is -0.469 e. The van der Waals surface area contributed by atoms with Crippen molar-refractivity contribution in [3.63, 3.8) is 0 Å². The minimum absolute atomic E-state index is 0.253. The molecule has 0 spiro atoms. The van der Waals surface area contributed by atoms with E-state index in [-0.39, 0.29) is 5.97 Å². The molecule has 0 unspecified atom stereocenters. The maximum Gasteiger partial charge on any atom is 0.307 e. The Bertz CT molecular complexity index is 340. The van der Waals surface area contributed by atoms with Crippen LogP contribution in [0.15, 0.2) is 23.4 Å². The molecule has 6 nitrogen and oxygen atoms in total. The number of methoxy groups -OCH3 is 1. The summed E-state index contributed by atoms with van der Waals surface area (Å²) >= 11 is 0. The van der Waals surface area contributed by atoms with Crippen molar-refractivity contribution in [2.45, 2.75) is 12.8 Å². The van der Waals surface area contributed by atoms with E-state index in [4.69, 9.17) is 0 Å². The highest BCUT2D eigenvalue weighted by molar-refractivity contribution is 5.69. The Morgan fingerprint density at radius 1 is 1.69 bits per heavy atom. The van der Waals surface area contributed by atoms with E-state index in [1.165, 1.54) is 7.11 Å². The first-order chi connectivity index (χ1) is 7.83. The van der Waals surface area contributed by atoms with Gasteiger partial charge in [0.05, 0.1) is 19.2 Å². The van der Waals surface area contributed by atoms with Crippen molar-refractivity contribution in [2.24, 2.45) is 5.10 Å². The van der Waals surface area contributed by atoms with E-state index >= 15 is 0 Å². The van der Waals surface area contributed by atoms with Crippen LogP contribution in [0.4, 0.5) is 0 Å². The topological polar surface area (TPSA) is 76.5 Å². The zero-order valence-corrected chi connectivity index (χ0v) is 9.09. The van der Waals surface area contributed by atoms with E-state index in [1.54, 1.807) is 12.4 Å². The number of hydrogen-bond acceptors (Lipinski definition) is 6. The first-order valence-corrected chi connectivity index (χ1v) is 4.90. The van der Waals surface area contributed by atoms with Gasteiger partial charge in [0.1, 0.15) is 0 Å². The second-order valence-corrected chi connectivity index (χ2v) is 2.97. The SMILES string of the molecule is COC(=O)CCN/N=C/Cc1cccnn1. The predicted octanol–water partition coefficient (Wildman–Crippen LogP) is 0.158. The van der Waals surface area contributed by atoms with Crippen LogP contribution < -0.4 is 5.43 Å². The van der Waals surface area contributed by atoms with Crippen LogP contribution in [0, 0.1) is 0 Å². The average Bonchev–Trinajstić information content (AvgIpc) is 2.34. The monoisotopic (exact) mass is 222 g/mol. The highest BCUT2D eigenvalue weighted by Crippen LogP contribution is 1.89. The highest BCUT2D eigenvalue weighted by Gasteiger charge is 1.96. The van der Waals surface area contributed by atoms with Gasteiger partial charge in [0.2, 0.25) is 0 Å². The smallest absolute Gasteiger partial charge is 0.307 e. The third-order valence-corrected chi connectivity index (χ3v) is 1.78. The molecule has 0 aliphatic rings. The van der Waals surface area contributed by atoms with Crippen LogP contribution in [0.5, 0.6) is 0 Å². The quantitative estimate of drug-likeness (QED) is 0.321. The van der Waals surface area contributed by atoms with Gasteiger partial charge in [-0.25, -0.2) is 0 Å². The fraction of sp³-hybridized carbons (Fsp3) is 0.400. The number of nitrogens with one attached hydrogen (secondary N) is 1. The third-order valence-electron chi connectivity index (χ3n) is 1.78. The summed E-state index contributed by atoms with van der Waals surface area (Å²) in [5.74, 6) is -0.253. The maximum absolute atomic E-state index is 10.7. The Hall–Kier alpha value is -1.98. The number of esters is 1. The van der Waals surface area contributed by atoms with E-state index in [9.17, 15) is 4.79 Å². The molecule has 1 rings (SSSR count). The molecule has 1 aromatic rings. The number of nitrogens with zero attached hydrogens (tertiary/aromatic N) is 3. The summed E-state index contributed by atoms with van der Waals surface area (Å²) in [4.78, 5) is 10.7. The lowest BCUT2D eigenvalue weighted by atomic mass is 10.3. The number of carbonyl (C=O) groups is 1. The molecule has 0 radical (unpaired) electrons. The molecular weight excluding hydrogens is 208 g/mol. The molecular formula is C10H14N4O2. The minimum atomic E-state index is -0.253. The molecule has 1 aromatic heterocycles. The number of ether oxygens (including phenoxy) is 1. The van der Waals surface area contributed by atoms with Gasteiger partial charge in [-0.05, 0) is 12.1 Å². The standard InChI is InChI=1S/C10H14N4O2/c1-16-10(15)5-8-12-11-7-4-9-3-2-6-13-14-9/h2-3,6-7,12H,4-5,8H2,1H3/b11-7+. The van der Waals surface area contributed by atoms with E-state index in [0.29, 0.717) is 19.4 Å². The normalized spacial score (nSPS) is 10.3. The van der Waals surface area contributed by atoms with Crippen molar-refractivity contribution in [3.05, 3.63) is 24.0 Å². The van der Waals surface area contributed by atoms with Gasteiger partial charge in [-0.2, -0.15) is 15.3 Å². The van der Waals surface area contributed by atoms with Crippen molar-refractivity contribution < 1.29 is 9.53 Å². The third kappa shape index (κ3) is 5.04. The number of aromatic nitrogens is 2. The number of rotatable bonds is 6. The van der Waals surface area contributed by atoms with Gasteiger partial charge >= 0.3 is 5.97 Å². The molecule has 0 saturated carbocycles. The Balaban J connectivity index is 2.12. The van der Waals surface area contributed by atoms with Gasteiger partial charge in [-0.15, -0.1) is 0 Å². The maximum atomic E-state index is 10.7. The molecule has 1 heterocycles. The summed E-state index contributed by atoms with van der Waals surface area (Å²) in [7, 11) is 1.36. The van der Waals surface area contributed by atoms with E-state index in [2.05, 4.69) is 25.5 Å². The lowest BCUT2D eigenvalue weighted by Gasteiger charge is -1.98. The lowest BCUT2D eigenvalue weighted by molar-refractivity contribution is -0.140. The highest BCUT2D eigenvalue weighted by atomic mass is 16.5. The molecule has 86 valence electrons. The predicted molar refractivity (Wildman–Crippen MR) is 58.9 cm³/mol. The van der Waals surface area contributed by atoms with Gasteiger partial charge in [-0.1, -0.05) is 0 Å². The molecule has 0 amide bonds. The summed E-state index contributed by atoms with van der Waals surface area (Å²) in [6.07, 6.45) is 4.22. The molecule has 0 saturated heterocycles. The van der Waals surface area contributed by atoms with Gasteiger partial charge in [-0.3, -0.25) is 4.79 Å². The summed E-state index contributed by atoms with van der Waals surface area (Å²) in [5, 5.41) is 11.6. The van der Waals surface area contributed by atoms with Gasteiger partial charge in [0.25, 0.3) is 0 Å². The van der Waals surface area contributed by atoms with E-state index in [0.717, 1.165) is 5.69 Å². The summed E-state index contributed by atoms with van der Waals surface area (Å²) in [5.41, 5.74) is 3.59. The van der Waals surface area contributed by atoms with Crippen molar-refractivity contribution in [1.29, 1.82) is 0 Å². The number of hydrogen-bond donors (Lipinski definition) is 1. The Morgan fingerprint density at radius 2 is 2.56 bits per heavy atom. The molecule has 1 N–H and O–H groups in total. The van der Waals surface area contributed by atoms with Gasteiger partial charge in [0.15, 0.2) is 0 Å². The van der Waals surface area contributed by atoms with Gasteiger partial charge in [0, 0.05) is 25.4 Å². The molecule has 0 aliphatic carbocycles. The Morgan fingerprint density at radius 3 is 3.25 bits per heavy atom. The Labute approximate surface area is 93.7 Å². The van der Waals surface area contributed by atoms with Crippen LogP contribution in [0.2, 0.25) is 0 Å². The Kier molecular flexibility index (Phi) is 5.54. The lowest BCUT2D eigenvalue weighted by Crippen LogP contribution is -2.13. The number of hydrazone groups is 1. The molecule has 0 aromatic carbocycles. The van der Waals surface area contributed by atoms with Crippen LogP contribution in [-0.2, 0) is 16.0 Å². The second kappa shape index (κ2) is 7.33. The van der Waals surface area contributed by atoms with Crippen LogP contribution in [0.3, 0.4) is 0 Å². The summed E-state index contributed by atoms with van der Waals surface area (Å²) < 4.78 is 4.48. The summed E-state index contributed by atoms with van der Waals surface area (Å²) in [6.45, 7) is 0.462. The fourth-order valence-corrected chi connectivity index (χ4v) is 0.971. The van der Waals surface area contributed by atoms with Crippen LogP contribution in [-0.4, -0.2) is 36.0 Å². The van der Waals surface area contributed by atoms with Crippen LogP contribution in [0.25, 0.3) is 0 Å². The van der Waals surface area contributed by atoms with Crippen molar-refractivity contribution in [1.82, 2.24) is 15.6 Å². The first kappa shape index (κ1) is 12.1.